The van der Waals surface area contributed by atoms with Gasteiger partial charge in [-0.05, 0) is 64.7 Å². The largest absolute Gasteiger partial charge is 0.497 e. The van der Waals surface area contributed by atoms with E-state index in [4.69, 9.17) is 4.74 Å². The van der Waals surface area contributed by atoms with E-state index in [0.29, 0.717) is 5.16 Å². The van der Waals surface area contributed by atoms with E-state index in [2.05, 4.69) is 31.6 Å². The predicted octanol–water partition coefficient (Wildman–Crippen LogP) is 5.44. The summed E-state index contributed by atoms with van der Waals surface area (Å²) in [5, 5.41) is 10.4. The first-order chi connectivity index (χ1) is 16.3. The molecule has 0 aliphatic carbocycles. The fraction of sp³-hybridized carbons (Fsp3) is 0.346. The fourth-order valence-electron chi connectivity index (χ4n) is 4.34. The van der Waals surface area contributed by atoms with E-state index in [1.165, 1.54) is 11.8 Å². The van der Waals surface area contributed by atoms with Crippen molar-refractivity contribution < 1.29 is 9.53 Å². The maximum absolute atomic E-state index is 13.6. The molecule has 0 bridgehead atoms. The van der Waals surface area contributed by atoms with Crippen molar-refractivity contribution in [1.29, 1.82) is 0 Å². The lowest BCUT2D eigenvalue weighted by molar-refractivity contribution is 0.0995. The quantitative estimate of drug-likeness (QED) is 0.255. The molecule has 0 amide bonds. The van der Waals surface area contributed by atoms with E-state index in [9.17, 15) is 4.79 Å². The summed E-state index contributed by atoms with van der Waals surface area (Å²) in [5.74, 6) is 1.71. The topological polar surface area (TPSA) is 76.0 Å². The number of carbonyl (C=O) groups is 1. The highest BCUT2D eigenvalue weighted by atomic mass is 32.2. The van der Waals surface area contributed by atoms with Crippen molar-refractivity contribution in [2.75, 3.05) is 21.2 Å². The summed E-state index contributed by atoms with van der Waals surface area (Å²) >= 11 is 1.44. The number of para-hydroxylation sites is 1. The summed E-state index contributed by atoms with van der Waals surface area (Å²) in [5.41, 5.74) is 3.54. The normalized spacial score (nSPS) is 13.4. The Balaban J connectivity index is 1.72. The number of nitrogens with one attached hydrogen (secondary N) is 1. The number of aryl methyl sites for hydroxylation is 1. The number of fused-ring (bicyclic) bond motifs is 1. The van der Waals surface area contributed by atoms with Gasteiger partial charge >= 0.3 is 0 Å². The lowest BCUT2D eigenvalue weighted by atomic mass is 10.1. The van der Waals surface area contributed by atoms with Crippen molar-refractivity contribution in [2.24, 2.45) is 0 Å². The highest BCUT2D eigenvalue weighted by molar-refractivity contribution is 8.00. The molecule has 0 spiro atoms. The summed E-state index contributed by atoms with van der Waals surface area (Å²) in [4.78, 5) is 19.0. The van der Waals surface area contributed by atoms with Gasteiger partial charge < -0.3 is 9.72 Å². The van der Waals surface area contributed by atoms with Crippen molar-refractivity contribution in [3.63, 3.8) is 0 Å². The number of ether oxygens (including phenoxy) is 1. The molecule has 2 aromatic heterocycles. The van der Waals surface area contributed by atoms with Gasteiger partial charge in [0.15, 0.2) is 16.8 Å². The van der Waals surface area contributed by atoms with E-state index in [0.717, 1.165) is 45.8 Å². The number of H-pyrrole nitrogens is 1. The van der Waals surface area contributed by atoms with E-state index >= 15 is 0 Å². The number of rotatable bonds is 9. The van der Waals surface area contributed by atoms with Crippen LogP contribution in [0.3, 0.4) is 0 Å². The van der Waals surface area contributed by atoms with Gasteiger partial charge in [0, 0.05) is 27.8 Å². The monoisotopic (exact) mass is 477 g/mol. The highest BCUT2D eigenvalue weighted by Crippen LogP contribution is 2.33. The van der Waals surface area contributed by atoms with Gasteiger partial charge in [0.1, 0.15) is 5.75 Å². The Morgan fingerprint density at radius 3 is 2.50 bits per heavy atom. The van der Waals surface area contributed by atoms with Crippen LogP contribution in [-0.2, 0) is 0 Å². The third kappa shape index (κ3) is 4.48. The molecule has 2 heterocycles. The maximum Gasteiger partial charge on any atom is 0.196 e. The molecule has 1 N–H and O–H groups in total. The smallest absolute Gasteiger partial charge is 0.196 e. The van der Waals surface area contributed by atoms with Gasteiger partial charge in [-0.1, -0.05) is 36.9 Å². The van der Waals surface area contributed by atoms with Gasteiger partial charge in [-0.3, -0.25) is 14.3 Å². The molecule has 7 nitrogen and oxygen atoms in total. The zero-order chi connectivity index (χ0) is 24.4. The molecule has 2 aromatic carbocycles. The SMILES string of the molecule is CC[C@H](c1nnc(S[C@@H](C)C(=O)c2c(C)[nH]c3ccccc23)n1-c1ccc(OC)cc1)N(C)C. The molecule has 34 heavy (non-hydrogen) atoms. The third-order valence-corrected chi connectivity index (χ3v) is 7.13. The first-order valence-corrected chi connectivity index (χ1v) is 12.3. The molecule has 0 saturated carbocycles. The van der Waals surface area contributed by atoms with Crippen LogP contribution >= 0.6 is 11.8 Å². The minimum absolute atomic E-state index is 0.0745. The first kappa shape index (κ1) is 24.0. The molecule has 8 heteroatoms. The van der Waals surface area contributed by atoms with Crippen LogP contribution in [0.2, 0.25) is 0 Å². The molecule has 0 unspecified atom stereocenters. The number of carbonyl (C=O) groups excluding carboxylic acids is 1. The highest BCUT2D eigenvalue weighted by Gasteiger charge is 2.27. The minimum Gasteiger partial charge on any atom is -0.497 e. The minimum atomic E-state index is -0.341. The maximum atomic E-state index is 13.6. The number of hydrogen-bond acceptors (Lipinski definition) is 6. The number of thioether (sulfide) groups is 1. The number of methoxy groups -OCH3 is 1. The van der Waals surface area contributed by atoms with Crippen molar-refractivity contribution in [3.8, 4) is 11.4 Å². The Bertz CT molecular complexity index is 1290. The molecule has 0 saturated heterocycles. The zero-order valence-corrected chi connectivity index (χ0v) is 21.3. The van der Waals surface area contributed by atoms with Crippen LogP contribution < -0.4 is 4.74 Å². The number of benzene rings is 2. The van der Waals surface area contributed by atoms with Crippen LogP contribution in [0, 0.1) is 6.92 Å². The van der Waals surface area contributed by atoms with Crippen molar-refractivity contribution in [3.05, 3.63) is 65.6 Å². The molecule has 4 aromatic rings. The molecule has 0 radical (unpaired) electrons. The zero-order valence-electron chi connectivity index (χ0n) is 20.5. The summed E-state index contributed by atoms with van der Waals surface area (Å²) in [6.07, 6.45) is 0.884. The molecule has 178 valence electrons. The number of aromatic nitrogens is 4. The lowest BCUT2D eigenvalue weighted by Gasteiger charge is -2.23. The Kier molecular flexibility index (Phi) is 7.09. The molecular formula is C26H31N5O2S. The average molecular weight is 478 g/mol. The van der Waals surface area contributed by atoms with Gasteiger partial charge in [-0.25, -0.2) is 0 Å². The fourth-order valence-corrected chi connectivity index (χ4v) is 5.27. The van der Waals surface area contributed by atoms with Crippen molar-refractivity contribution in [2.45, 2.75) is 43.6 Å². The number of aromatic amines is 1. The second-order valence-electron chi connectivity index (χ2n) is 8.56. The molecular weight excluding hydrogens is 446 g/mol. The Labute approximate surface area is 204 Å². The Morgan fingerprint density at radius 2 is 1.85 bits per heavy atom. The van der Waals surface area contributed by atoms with Crippen LogP contribution in [0.5, 0.6) is 5.75 Å². The third-order valence-electron chi connectivity index (χ3n) is 6.09. The molecule has 0 aliphatic rings. The summed E-state index contributed by atoms with van der Waals surface area (Å²) < 4.78 is 7.40. The van der Waals surface area contributed by atoms with Crippen molar-refractivity contribution in [1.82, 2.24) is 24.6 Å². The number of nitrogens with zero attached hydrogens (tertiary/aromatic N) is 4. The van der Waals surface area contributed by atoms with Gasteiger partial charge in [0.05, 0.1) is 18.4 Å². The van der Waals surface area contributed by atoms with Crippen LogP contribution in [0.1, 0.15) is 48.2 Å². The van der Waals surface area contributed by atoms with E-state index < -0.39 is 0 Å². The van der Waals surface area contributed by atoms with E-state index in [1.807, 2.05) is 76.5 Å². The van der Waals surface area contributed by atoms with Crippen LogP contribution in [0.15, 0.2) is 53.7 Å². The van der Waals surface area contributed by atoms with Gasteiger partial charge in [-0.2, -0.15) is 0 Å². The lowest BCUT2D eigenvalue weighted by Crippen LogP contribution is -2.23. The van der Waals surface area contributed by atoms with Crippen LogP contribution in [0.4, 0.5) is 0 Å². The second-order valence-corrected chi connectivity index (χ2v) is 9.86. The Hall–Kier alpha value is -3.10. The molecule has 0 aliphatic heterocycles. The summed E-state index contributed by atoms with van der Waals surface area (Å²) in [6.45, 7) is 6.02. The standard InChI is InChI=1S/C26H31N5O2S/c1-7-22(30(4)5)25-28-29-26(31(25)18-12-14-19(33-6)15-13-18)34-17(3)24(32)23-16(2)27-21-11-9-8-10-20(21)23/h8-15,17,22,27H,7H2,1-6H3/t17-,22+/m0/s1. The average Bonchev–Trinajstić information content (AvgIpc) is 3.38. The number of ketones is 1. The van der Waals surface area contributed by atoms with Crippen LogP contribution in [0.25, 0.3) is 16.6 Å². The van der Waals surface area contributed by atoms with Gasteiger partial charge in [0.2, 0.25) is 0 Å². The van der Waals surface area contributed by atoms with Gasteiger partial charge in [0.25, 0.3) is 0 Å². The molecule has 0 fully saturated rings. The second kappa shape index (κ2) is 10.0. The molecule has 4 rings (SSSR count). The van der Waals surface area contributed by atoms with Crippen LogP contribution in [-0.4, -0.2) is 56.9 Å². The number of Topliss-reactive ketones (excluding diaryl/α,β-unsaturated/α-hetero) is 1. The van der Waals surface area contributed by atoms with E-state index in [1.54, 1.807) is 7.11 Å². The number of hydrogen-bond donors (Lipinski definition) is 1. The first-order valence-electron chi connectivity index (χ1n) is 11.4. The van der Waals surface area contributed by atoms with E-state index in [-0.39, 0.29) is 17.1 Å². The molecule has 2 atom stereocenters. The van der Waals surface area contributed by atoms with Crippen molar-refractivity contribution >= 4 is 28.4 Å². The predicted molar refractivity (Wildman–Crippen MR) is 137 cm³/mol. The summed E-state index contributed by atoms with van der Waals surface area (Å²) in [7, 11) is 5.74. The van der Waals surface area contributed by atoms with Gasteiger partial charge in [-0.15, -0.1) is 10.2 Å². The summed E-state index contributed by atoms with van der Waals surface area (Å²) in [6, 6.07) is 15.8. The Morgan fingerprint density at radius 1 is 1.15 bits per heavy atom.